The van der Waals surface area contributed by atoms with Crippen molar-refractivity contribution in [3.05, 3.63) is 18.0 Å². The lowest BCUT2D eigenvalue weighted by Gasteiger charge is -2.48. The molecule has 23 heavy (non-hydrogen) atoms. The number of rotatable bonds is 2. The third-order valence-electron chi connectivity index (χ3n) is 4.70. The van der Waals surface area contributed by atoms with Crippen LogP contribution in [0.15, 0.2) is 12.3 Å². The first-order valence-corrected chi connectivity index (χ1v) is 7.76. The Bertz CT molecular complexity index is 545. The van der Waals surface area contributed by atoms with E-state index < -0.39 is 11.9 Å². The van der Waals surface area contributed by atoms with Crippen molar-refractivity contribution in [2.45, 2.75) is 43.6 Å². The monoisotopic (exact) mass is 331 g/mol. The molecule has 0 saturated carbocycles. The highest BCUT2D eigenvalue weighted by Gasteiger charge is 2.45. The second-order valence-electron chi connectivity index (χ2n) is 6.01. The Kier molecular flexibility index (Phi) is 4.46. The number of anilines is 1. The topological polar surface area (TPSA) is 47.5 Å². The molecule has 2 saturated heterocycles. The summed E-state index contributed by atoms with van der Waals surface area (Å²) in [5, 5.41) is 0. The second kappa shape index (κ2) is 6.24. The van der Waals surface area contributed by atoms with Crippen LogP contribution in [0, 0.1) is 0 Å². The number of aromatic nitrogens is 2. The summed E-state index contributed by atoms with van der Waals surface area (Å²) in [6.07, 6.45) is 0.0706. The number of nitrogens with zero attached hydrogens (tertiary/aromatic N) is 3. The van der Waals surface area contributed by atoms with Crippen molar-refractivity contribution >= 4 is 5.95 Å². The molecule has 0 aromatic carbocycles. The van der Waals surface area contributed by atoms with Gasteiger partial charge in [0, 0.05) is 33.0 Å². The van der Waals surface area contributed by atoms with E-state index in [2.05, 4.69) is 9.97 Å². The van der Waals surface area contributed by atoms with E-state index in [9.17, 15) is 13.2 Å². The normalized spacial score (nSPS) is 24.9. The van der Waals surface area contributed by atoms with Gasteiger partial charge in [0.05, 0.1) is 11.7 Å². The maximum Gasteiger partial charge on any atom is 0.433 e. The molecule has 3 rings (SSSR count). The van der Waals surface area contributed by atoms with Gasteiger partial charge in [-0.3, -0.25) is 0 Å². The molecule has 3 heterocycles. The van der Waals surface area contributed by atoms with E-state index in [0.29, 0.717) is 32.5 Å². The van der Waals surface area contributed by atoms with Crippen LogP contribution < -0.4 is 4.90 Å². The third-order valence-corrected chi connectivity index (χ3v) is 4.70. The highest BCUT2D eigenvalue weighted by atomic mass is 19.4. The molecule has 128 valence electrons. The Hall–Kier alpha value is -1.41. The van der Waals surface area contributed by atoms with Crippen LogP contribution >= 0.6 is 0 Å². The summed E-state index contributed by atoms with van der Waals surface area (Å²) in [5.74, 6) is 0.124. The first kappa shape index (κ1) is 16.4. The molecule has 0 bridgehead atoms. The fourth-order valence-corrected chi connectivity index (χ4v) is 3.44. The molecule has 1 atom stereocenters. The lowest BCUT2D eigenvalue weighted by molar-refractivity contribution is -0.175. The second-order valence-corrected chi connectivity index (χ2v) is 6.01. The Morgan fingerprint density at radius 2 is 2.09 bits per heavy atom. The minimum Gasteiger partial charge on any atom is -0.378 e. The number of alkyl halides is 3. The Morgan fingerprint density at radius 3 is 2.74 bits per heavy atom. The molecule has 1 spiro atoms. The maximum absolute atomic E-state index is 12.8. The van der Waals surface area contributed by atoms with Gasteiger partial charge in [0.1, 0.15) is 5.69 Å². The van der Waals surface area contributed by atoms with Crippen molar-refractivity contribution in [1.82, 2.24) is 9.97 Å². The number of methoxy groups -OCH3 is 1. The van der Waals surface area contributed by atoms with Crippen LogP contribution in [0.4, 0.5) is 19.1 Å². The van der Waals surface area contributed by atoms with E-state index >= 15 is 0 Å². The molecular weight excluding hydrogens is 311 g/mol. The van der Waals surface area contributed by atoms with Gasteiger partial charge in [0.15, 0.2) is 0 Å². The van der Waals surface area contributed by atoms with Crippen LogP contribution in [0.2, 0.25) is 0 Å². The number of halogens is 3. The van der Waals surface area contributed by atoms with Crippen molar-refractivity contribution in [2.24, 2.45) is 0 Å². The zero-order chi connectivity index (χ0) is 16.5. The first-order chi connectivity index (χ1) is 10.9. The molecule has 0 aliphatic carbocycles. The third kappa shape index (κ3) is 3.28. The van der Waals surface area contributed by atoms with Crippen molar-refractivity contribution < 1.29 is 22.6 Å². The van der Waals surface area contributed by atoms with Gasteiger partial charge >= 0.3 is 6.18 Å². The van der Waals surface area contributed by atoms with Gasteiger partial charge in [0.25, 0.3) is 0 Å². The van der Waals surface area contributed by atoms with Gasteiger partial charge in [-0.25, -0.2) is 9.97 Å². The average Bonchev–Trinajstić information content (AvgIpc) is 2.55. The fraction of sp³-hybridized carbons (Fsp3) is 0.733. The SMILES string of the molecule is CO[C@@H]1CCCOC12CCN(c1nccc(C(F)(F)F)n1)CC2. The number of piperidine rings is 1. The zero-order valence-corrected chi connectivity index (χ0v) is 13.0. The molecule has 5 nitrogen and oxygen atoms in total. The van der Waals surface area contributed by atoms with E-state index in [0.717, 1.165) is 25.1 Å². The van der Waals surface area contributed by atoms with Crippen LogP contribution in [0.25, 0.3) is 0 Å². The van der Waals surface area contributed by atoms with Gasteiger partial charge in [-0.05, 0) is 31.7 Å². The molecule has 1 aromatic rings. The smallest absolute Gasteiger partial charge is 0.378 e. The van der Waals surface area contributed by atoms with Crippen LogP contribution in [-0.4, -0.2) is 48.5 Å². The lowest BCUT2D eigenvalue weighted by atomic mass is 9.82. The Balaban J connectivity index is 1.72. The molecule has 0 radical (unpaired) electrons. The molecule has 8 heteroatoms. The summed E-state index contributed by atoms with van der Waals surface area (Å²) in [6.45, 7) is 1.82. The summed E-state index contributed by atoms with van der Waals surface area (Å²) >= 11 is 0. The van der Waals surface area contributed by atoms with Crippen molar-refractivity contribution in [3.8, 4) is 0 Å². The highest BCUT2D eigenvalue weighted by molar-refractivity contribution is 5.32. The molecule has 2 aliphatic rings. The highest BCUT2D eigenvalue weighted by Crippen LogP contribution is 2.37. The number of hydrogen-bond acceptors (Lipinski definition) is 5. The Morgan fingerprint density at radius 1 is 1.35 bits per heavy atom. The van der Waals surface area contributed by atoms with Crippen molar-refractivity contribution in [2.75, 3.05) is 31.7 Å². The van der Waals surface area contributed by atoms with E-state index in [4.69, 9.17) is 9.47 Å². The average molecular weight is 331 g/mol. The fourth-order valence-electron chi connectivity index (χ4n) is 3.44. The molecule has 2 fully saturated rings. The molecule has 0 N–H and O–H groups in total. The van der Waals surface area contributed by atoms with Gasteiger partial charge in [0.2, 0.25) is 5.95 Å². The van der Waals surface area contributed by atoms with E-state index in [-0.39, 0.29) is 17.7 Å². The molecule has 0 amide bonds. The number of hydrogen-bond donors (Lipinski definition) is 0. The summed E-state index contributed by atoms with van der Waals surface area (Å²) in [7, 11) is 1.68. The Labute approximate surface area is 132 Å². The molecule has 0 unspecified atom stereocenters. The van der Waals surface area contributed by atoms with E-state index in [1.807, 2.05) is 0 Å². The van der Waals surface area contributed by atoms with Crippen LogP contribution in [-0.2, 0) is 15.7 Å². The minimum atomic E-state index is -4.46. The van der Waals surface area contributed by atoms with Gasteiger partial charge in [-0.2, -0.15) is 13.2 Å². The standard InChI is InChI=1S/C15H20F3N3O2/c1-22-12-3-2-10-23-14(12)5-8-21(9-6-14)13-19-7-4-11(20-13)15(16,17)18/h4,7,12H,2-3,5-6,8-10H2,1H3/t12-/m1/s1. The molecular formula is C15H20F3N3O2. The molecule has 2 aliphatic heterocycles. The predicted octanol–water partition coefficient (Wildman–Crippen LogP) is 2.66. The maximum atomic E-state index is 12.8. The number of ether oxygens (including phenoxy) is 2. The van der Waals surface area contributed by atoms with Gasteiger partial charge < -0.3 is 14.4 Å². The van der Waals surface area contributed by atoms with Crippen molar-refractivity contribution in [1.29, 1.82) is 0 Å². The van der Waals surface area contributed by atoms with Crippen LogP contribution in [0.1, 0.15) is 31.4 Å². The van der Waals surface area contributed by atoms with Gasteiger partial charge in [-0.1, -0.05) is 0 Å². The first-order valence-electron chi connectivity index (χ1n) is 7.76. The lowest BCUT2D eigenvalue weighted by Crippen LogP contribution is -2.56. The molecule has 1 aromatic heterocycles. The van der Waals surface area contributed by atoms with Gasteiger partial charge in [-0.15, -0.1) is 0 Å². The zero-order valence-electron chi connectivity index (χ0n) is 13.0. The van der Waals surface area contributed by atoms with E-state index in [1.54, 1.807) is 12.0 Å². The predicted molar refractivity (Wildman–Crippen MR) is 77.2 cm³/mol. The van der Waals surface area contributed by atoms with Crippen LogP contribution in [0.5, 0.6) is 0 Å². The minimum absolute atomic E-state index is 0.0424. The largest absolute Gasteiger partial charge is 0.433 e. The summed E-state index contributed by atoms with van der Waals surface area (Å²) in [6, 6.07) is 0.889. The van der Waals surface area contributed by atoms with Crippen LogP contribution in [0.3, 0.4) is 0 Å². The van der Waals surface area contributed by atoms with Crippen molar-refractivity contribution in [3.63, 3.8) is 0 Å². The van der Waals surface area contributed by atoms with E-state index in [1.165, 1.54) is 0 Å². The summed E-state index contributed by atoms with van der Waals surface area (Å²) in [4.78, 5) is 9.43. The summed E-state index contributed by atoms with van der Waals surface area (Å²) in [5.41, 5.74) is -1.24. The quantitative estimate of drug-likeness (QED) is 0.834. The summed E-state index contributed by atoms with van der Waals surface area (Å²) < 4.78 is 49.9.